The standard InChI is InChI=1S/C24H29NO7/c1-24(2,12-28)22-7-14-6-21(32-16-3-13(4-16)10-26)15(11-27)5-17(14)19-8-20(29)18(23(30)31)9-25(19)22/h5-6,8-9,13,16,22,26-28H,3-4,7,10-12H2,1-2H3,(H,30,31)/t13?,16?,22-/m0/s1. The first kappa shape index (κ1) is 22.5. The van der Waals surface area contributed by atoms with Crippen LogP contribution in [0.3, 0.4) is 0 Å². The molecule has 1 saturated carbocycles. The minimum absolute atomic E-state index is 0.0169. The van der Waals surface area contributed by atoms with Crippen molar-refractivity contribution in [3.8, 4) is 17.0 Å². The van der Waals surface area contributed by atoms with Crippen molar-refractivity contribution in [2.24, 2.45) is 11.3 Å². The Hall–Kier alpha value is -2.68. The highest BCUT2D eigenvalue weighted by Crippen LogP contribution is 2.45. The van der Waals surface area contributed by atoms with Gasteiger partial charge in [0.1, 0.15) is 11.3 Å². The Morgan fingerprint density at radius 3 is 2.50 bits per heavy atom. The highest BCUT2D eigenvalue weighted by molar-refractivity contribution is 5.87. The largest absolute Gasteiger partial charge is 0.490 e. The van der Waals surface area contributed by atoms with Gasteiger partial charge in [-0.25, -0.2) is 4.79 Å². The van der Waals surface area contributed by atoms with Gasteiger partial charge in [0, 0.05) is 41.5 Å². The fourth-order valence-corrected chi connectivity index (χ4v) is 4.66. The van der Waals surface area contributed by atoms with Crippen LogP contribution >= 0.6 is 0 Å². The molecule has 4 N–H and O–H groups in total. The number of hydrogen-bond acceptors (Lipinski definition) is 6. The van der Waals surface area contributed by atoms with E-state index in [-0.39, 0.29) is 43.4 Å². The monoisotopic (exact) mass is 443 g/mol. The molecule has 1 aliphatic heterocycles. The van der Waals surface area contributed by atoms with Crippen LogP contribution in [0.5, 0.6) is 5.75 Å². The van der Waals surface area contributed by atoms with Crippen LogP contribution in [-0.2, 0) is 13.0 Å². The Bertz CT molecular complexity index is 1100. The molecule has 1 fully saturated rings. The third-order valence-electron chi connectivity index (χ3n) is 6.85. The van der Waals surface area contributed by atoms with Gasteiger partial charge in [-0.05, 0) is 42.9 Å². The van der Waals surface area contributed by atoms with Crippen LogP contribution in [0.2, 0.25) is 0 Å². The Balaban J connectivity index is 1.83. The molecule has 0 unspecified atom stereocenters. The number of nitrogens with zero attached hydrogens (tertiary/aromatic N) is 1. The van der Waals surface area contributed by atoms with E-state index in [9.17, 15) is 30.0 Å². The molecule has 2 aliphatic rings. The summed E-state index contributed by atoms with van der Waals surface area (Å²) in [6.07, 6.45) is 3.36. The van der Waals surface area contributed by atoms with E-state index in [0.29, 0.717) is 23.4 Å². The summed E-state index contributed by atoms with van der Waals surface area (Å²) in [5.74, 6) is -0.476. The Labute approximate surface area is 185 Å². The summed E-state index contributed by atoms with van der Waals surface area (Å²) >= 11 is 0. The van der Waals surface area contributed by atoms with Crippen LogP contribution in [0.15, 0.2) is 29.2 Å². The number of aromatic carboxylic acids is 1. The lowest BCUT2D eigenvalue weighted by Crippen LogP contribution is -2.37. The fraction of sp³-hybridized carbons (Fsp3) is 0.500. The van der Waals surface area contributed by atoms with Crippen LogP contribution in [0.1, 0.15) is 54.2 Å². The number of carboxylic acid groups (broad SMARTS) is 1. The van der Waals surface area contributed by atoms with E-state index in [0.717, 1.165) is 24.0 Å². The molecule has 1 atom stereocenters. The van der Waals surface area contributed by atoms with Crippen molar-refractivity contribution in [2.75, 3.05) is 13.2 Å². The summed E-state index contributed by atoms with van der Waals surface area (Å²) in [6, 6.07) is 4.71. The average molecular weight is 443 g/mol. The van der Waals surface area contributed by atoms with Gasteiger partial charge in [-0.3, -0.25) is 4.79 Å². The van der Waals surface area contributed by atoms with E-state index in [1.165, 1.54) is 12.3 Å². The summed E-state index contributed by atoms with van der Waals surface area (Å²) in [5, 5.41) is 38.7. The summed E-state index contributed by atoms with van der Waals surface area (Å²) in [5.41, 5.74) is 1.28. The van der Waals surface area contributed by atoms with Gasteiger partial charge in [-0.15, -0.1) is 0 Å². The zero-order valence-corrected chi connectivity index (χ0v) is 18.2. The quantitative estimate of drug-likeness (QED) is 0.515. The maximum atomic E-state index is 12.5. The van der Waals surface area contributed by atoms with E-state index in [1.54, 1.807) is 10.6 Å². The van der Waals surface area contributed by atoms with Crippen molar-refractivity contribution in [1.29, 1.82) is 0 Å². The third kappa shape index (κ3) is 3.83. The Morgan fingerprint density at radius 2 is 1.91 bits per heavy atom. The van der Waals surface area contributed by atoms with Gasteiger partial charge < -0.3 is 29.7 Å². The van der Waals surface area contributed by atoms with Crippen LogP contribution < -0.4 is 10.2 Å². The molecule has 2 heterocycles. The Kier molecular flexibility index (Phi) is 5.87. The number of aliphatic hydroxyl groups excluding tert-OH is 3. The molecule has 1 aromatic heterocycles. The van der Waals surface area contributed by atoms with Gasteiger partial charge in [0.15, 0.2) is 5.43 Å². The first-order valence-corrected chi connectivity index (χ1v) is 10.8. The first-order chi connectivity index (χ1) is 15.2. The van der Waals surface area contributed by atoms with E-state index in [4.69, 9.17) is 4.74 Å². The summed E-state index contributed by atoms with van der Waals surface area (Å²) in [7, 11) is 0. The van der Waals surface area contributed by atoms with Gasteiger partial charge >= 0.3 is 5.97 Å². The average Bonchev–Trinajstić information content (AvgIpc) is 2.74. The topological polar surface area (TPSA) is 129 Å². The van der Waals surface area contributed by atoms with Gasteiger partial charge in [0.2, 0.25) is 0 Å². The molecule has 0 bridgehead atoms. The van der Waals surface area contributed by atoms with Crippen molar-refractivity contribution in [3.05, 3.63) is 51.3 Å². The number of rotatable bonds is 7. The number of fused-ring (bicyclic) bond motifs is 3. The van der Waals surface area contributed by atoms with Crippen LogP contribution in [-0.4, -0.2) is 50.3 Å². The minimum atomic E-state index is -1.29. The Morgan fingerprint density at radius 1 is 1.19 bits per heavy atom. The normalized spacial score (nSPS) is 22.0. The smallest absolute Gasteiger partial charge is 0.341 e. The van der Waals surface area contributed by atoms with Gasteiger partial charge in [-0.1, -0.05) is 13.8 Å². The van der Waals surface area contributed by atoms with Crippen LogP contribution in [0, 0.1) is 11.3 Å². The number of carbonyl (C=O) groups is 1. The highest BCUT2D eigenvalue weighted by atomic mass is 16.5. The number of ether oxygens (including phenoxy) is 1. The second kappa shape index (κ2) is 8.35. The summed E-state index contributed by atoms with van der Waals surface area (Å²) < 4.78 is 7.88. The number of carboxylic acids is 1. The van der Waals surface area contributed by atoms with Gasteiger partial charge in [0.25, 0.3) is 0 Å². The van der Waals surface area contributed by atoms with E-state index < -0.39 is 16.8 Å². The van der Waals surface area contributed by atoms with Crippen molar-refractivity contribution in [1.82, 2.24) is 4.57 Å². The van der Waals surface area contributed by atoms with E-state index in [1.807, 2.05) is 19.9 Å². The zero-order chi connectivity index (χ0) is 23.2. The minimum Gasteiger partial charge on any atom is -0.490 e. The molecular weight excluding hydrogens is 414 g/mol. The predicted molar refractivity (Wildman–Crippen MR) is 117 cm³/mol. The lowest BCUT2D eigenvalue weighted by atomic mass is 9.77. The van der Waals surface area contributed by atoms with Gasteiger partial charge in [-0.2, -0.15) is 0 Å². The maximum absolute atomic E-state index is 12.5. The molecule has 0 spiro atoms. The number of hydrogen-bond donors (Lipinski definition) is 4. The molecular formula is C24H29NO7. The number of aromatic nitrogens is 1. The SMILES string of the molecule is CC(C)(CO)[C@@H]1Cc2cc(OC3CC(CO)C3)c(CO)cc2-c2cc(=O)c(C(=O)O)cn21. The number of pyridine rings is 1. The number of benzene rings is 1. The summed E-state index contributed by atoms with van der Waals surface area (Å²) in [6.45, 7) is 3.56. The van der Waals surface area contributed by atoms with Crippen LogP contribution in [0.4, 0.5) is 0 Å². The van der Waals surface area contributed by atoms with Crippen molar-refractivity contribution >= 4 is 5.97 Å². The molecule has 172 valence electrons. The second-order valence-corrected chi connectivity index (χ2v) is 9.55. The molecule has 32 heavy (non-hydrogen) atoms. The highest BCUT2D eigenvalue weighted by Gasteiger charge is 2.37. The lowest BCUT2D eigenvalue weighted by molar-refractivity contribution is 0.0310. The van der Waals surface area contributed by atoms with Crippen molar-refractivity contribution in [3.63, 3.8) is 0 Å². The fourth-order valence-electron chi connectivity index (χ4n) is 4.66. The molecule has 1 aliphatic carbocycles. The second-order valence-electron chi connectivity index (χ2n) is 9.55. The molecule has 4 rings (SSSR count). The van der Waals surface area contributed by atoms with E-state index in [2.05, 4.69) is 0 Å². The van der Waals surface area contributed by atoms with Gasteiger partial charge in [0.05, 0.1) is 25.0 Å². The lowest BCUT2D eigenvalue weighted by Gasteiger charge is -2.40. The zero-order valence-electron chi connectivity index (χ0n) is 18.2. The third-order valence-corrected chi connectivity index (χ3v) is 6.85. The molecule has 2 aromatic rings. The summed E-state index contributed by atoms with van der Waals surface area (Å²) in [4.78, 5) is 24.1. The molecule has 1 aromatic carbocycles. The number of aliphatic hydroxyl groups is 3. The van der Waals surface area contributed by atoms with Crippen molar-refractivity contribution in [2.45, 2.75) is 51.9 Å². The van der Waals surface area contributed by atoms with Crippen molar-refractivity contribution < 1.29 is 30.0 Å². The predicted octanol–water partition coefficient (Wildman–Crippen LogP) is 1.97. The molecule has 0 radical (unpaired) electrons. The first-order valence-electron chi connectivity index (χ1n) is 10.8. The maximum Gasteiger partial charge on any atom is 0.341 e. The van der Waals surface area contributed by atoms with Crippen LogP contribution in [0.25, 0.3) is 11.3 Å². The molecule has 0 amide bonds. The molecule has 8 heteroatoms. The molecule has 0 saturated heterocycles. The van der Waals surface area contributed by atoms with E-state index >= 15 is 0 Å². The molecule has 8 nitrogen and oxygen atoms in total.